The van der Waals surface area contributed by atoms with Crippen molar-refractivity contribution in [3.63, 3.8) is 0 Å². The van der Waals surface area contributed by atoms with Gasteiger partial charge in [0.2, 0.25) is 0 Å². The SMILES string of the molecule is C.CC.C[B]C(C)(C)CC.c1ncncn1. The van der Waals surface area contributed by atoms with Crippen molar-refractivity contribution in [2.75, 3.05) is 0 Å². The van der Waals surface area contributed by atoms with Crippen molar-refractivity contribution in [2.45, 2.75) is 60.6 Å². The van der Waals surface area contributed by atoms with Crippen LogP contribution < -0.4 is 0 Å². The van der Waals surface area contributed by atoms with Crippen molar-refractivity contribution in [1.29, 1.82) is 0 Å². The van der Waals surface area contributed by atoms with Gasteiger partial charge in [-0.15, -0.1) is 0 Å². The Bertz CT molecular complexity index is 170. The number of rotatable bonds is 2. The molecule has 0 aromatic carbocycles. The van der Waals surface area contributed by atoms with Gasteiger partial charge in [-0.05, 0) is 0 Å². The molecule has 0 aliphatic rings. The molecule has 1 heterocycles. The second kappa shape index (κ2) is 14.1. The quantitative estimate of drug-likeness (QED) is 0.715. The highest BCUT2D eigenvalue weighted by molar-refractivity contribution is 6.37. The van der Waals surface area contributed by atoms with Crippen LogP contribution in [0.1, 0.15) is 48.5 Å². The van der Waals surface area contributed by atoms with Crippen molar-refractivity contribution in [1.82, 2.24) is 15.0 Å². The fraction of sp³-hybridized carbons (Fsp3) is 0.750. The predicted molar refractivity (Wildman–Crippen MR) is 73.9 cm³/mol. The van der Waals surface area contributed by atoms with E-state index in [0.717, 1.165) is 0 Å². The minimum Gasteiger partial charge on any atom is -0.225 e. The van der Waals surface area contributed by atoms with Crippen LogP contribution in [0.5, 0.6) is 0 Å². The summed E-state index contributed by atoms with van der Waals surface area (Å²) in [7, 11) is 2.24. The summed E-state index contributed by atoms with van der Waals surface area (Å²) in [6.45, 7) is 12.8. The molecule has 0 N–H and O–H groups in total. The topological polar surface area (TPSA) is 38.7 Å². The summed E-state index contributed by atoms with van der Waals surface area (Å²) in [5.74, 6) is 0. The summed E-state index contributed by atoms with van der Waals surface area (Å²) in [5.41, 5.74) is 0. The molecule has 0 saturated heterocycles. The molecular formula is C12H27BN3. The van der Waals surface area contributed by atoms with Crippen LogP contribution in [0.2, 0.25) is 12.1 Å². The van der Waals surface area contributed by atoms with E-state index in [9.17, 15) is 0 Å². The van der Waals surface area contributed by atoms with Gasteiger partial charge in [-0.1, -0.05) is 60.6 Å². The second-order valence-corrected chi connectivity index (χ2v) is 3.42. The van der Waals surface area contributed by atoms with Crippen molar-refractivity contribution >= 4 is 7.28 Å². The Kier molecular flexibility index (Phi) is 18.0. The molecule has 1 radical (unpaired) electrons. The molecule has 1 aromatic rings. The Labute approximate surface area is 102 Å². The first-order chi connectivity index (χ1) is 7.12. The van der Waals surface area contributed by atoms with Crippen LogP contribution in [0.15, 0.2) is 19.0 Å². The minimum atomic E-state index is 0. The second-order valence-electron chi connectivity index (χ2n) is 3.42. The summed E-state index contributed by atoms with van der Waals surface area (Å²) in [4.78, 5) is 10.7. The average molecular weight is 224 g/mol. The van der Waals surface area contributed by atoms with Gasteiger partial charge >= 0.3 is 0 Å². The summed E-state index contributed by atoms with van der Waals surface area (Å²) < 4.78 is 0. The third kappa shape index (κ3) is 15.5. The van der Waals surface area contributed by atoms with E-state index in [0.29, 0.717) is 5.31 Å². The molecule has 0 spiro atoms. The lowest BCUT2D eigenvalue weighted by molar-refractivity contribution is 0.645. The lowest BCUT2D eigenvalue weighted by atomic mass is 9.55. The standard InChI is InChI=1S/C6H14B.C3H3N3.C2H6.CH4/c1-5-6(2,3)7-4;1-4-2-6-3-5-1;1-2;/h5H2,1-4H3;1-3H;1-2H3;1H4. The van der Waals surface area contributed by atoms with E-state index in [1.807, 2.05) is 13.8 Å². The first-order valence-electron chi connectivity index (χ1n) is 5.48. The Morgan fingerprint density at radius 2 is 1.31 bits per heavy atom. The fourth-order valence-electron chi connectivity index (χ4n) is 0.409. The molecule has 0 aliphatic heterocycles. The zero-order valence-corrected chi connectivity index (χ0v) is 10.9. The van der Waals surface area contributed by atoms with Crippen molar-refractivity contribution in [2.24, 2.45) is 0 Å². The van der Waals surface area contributed by atoms with Gasteiger partial charge in [0.05, 0.1) is 0 Å². The summed E-state index contributed by atoms with van der Waals surface area (Å²) in [6, 6.07) is 0. The predicted octanol–water partition coefficient (Wildman–Crippen LogP) is 3.88. The van der Waals surface area contributed by atoms with Gasteiger partial charge in [0.1, 0.15) is 26.3 Å². The lowest BCUT2D eigenvalue weighted by Gasteiger charge is -2.17. The fourth-order valence-corrected chi connectivity index (χ4v) is 0.409. The van der Waals surface area contributed by atoms with Gasteiger partial charge in [-0.2, -0.15) is 0 Å². The van der Waals surface area contributed by atoms with Crippen molar-refractivity contribution in [3.8, 4) is 0 Å². The van der Waals surface area contributed by atoms with Gasteiger partial charge in [-0.3, -0.25) is 0 Å². The van der Waals surface area contributed by atoms with Crippen LogP contribution in [-0.4, -0.2) is 22.2 Å². The van der Waals surface area contributed by atoms with E-state index in [4.69, 9.17) is 0 Å². The van der Waals surface area contributed by atoms with Crippen molar-refractivity contribution in [3.05, 3.63) is 19.0 Å². The molecule has 0 saturated carbocycles. The molecule has 0 fully saturated rings. The normalized spacial score (nSPS) is 8.38. The highest BCUT2D eigenvalue weighted by Gasteiger charge is 2.10. The number of hydrogen-bond acceptors (Lipinski definition) is 3. The molecule has 0 atom stereocenters. The molecule has 1 rings (SSSR count). The van der Waals surface area contributed by atoms with Gasteiger partial charge in [-0.25, -0.2) is 15.0 Å². The third-order valence-electron chi connectivity index (χ3n) is 2.09. The minimum absolute atomic E-state index is 0. The molecule has 0 aliphatic carbocycles. The zero-order chi connectivity index (χ0) is 12.2. The molecular weight excluding hydrogens is 197 g/mol. The van der Waals surface area contributed by atoms with E-state index in [1.165, 1.54) is 25.4 Å². The number of aromatic nitrogens is 3. The Morgan fingerprint density at radius 3 is 1.38 bits per heavy atom. The van der Waals surface area contributed by atoms with E-state index >= 15 is 0 Å². The van der Waals surface area contributed by atoms with E-state index in [1.54, 1.807) is 0 Å². The van der Waals surface area contributed by atoms with Crippen LogP contribution in [-0.2, 0) is 0 Å². The van der Waals surface area contributed by atoms with E-state index < -0.39 is 0 Å². The molecule has 16 heavy (non-hydrogen) atoms. The van der Waals surface area contributed by atoms with Gasteiger partial charge in [0, 0.05) is 0 Å². The van der Waals surface area contributed by atoms with E-state index in [-0.39, 0.29) is 7.43 Å². The van der Waals surface area contributed by atoms with Gasteiger partial charge in [0.25, 0.3) is 0 Å². The summed E-state index contributed by atoms with van der Waals surface area (Å²) in [6.07, 6.45) is 5.55. The maximum atomic E-state index is 3.56. The molecule has 0 bridgehead atoms. The number of nitrogens with zero attached hydrogens (tertiary/aromatic N) is 3. The maximum Gasteiger partial charge on any atom is 0.119 e. The maximum absolute atomic E-state index is 3.56. The molecule has 0 amide bonds. The first-order valence-corrected chi connectivity index (χ1v) is 5.48. The van der Waals surface area contributed by atoms with Crippen LogP contribution in [0.4, 0.5) is 0 Å². The van der Waals surface area contributed by atoms with Crippen LogP contribution >= 0.6 is 0 Å². The molecule has 3 nitrogen and oxygen atoms in total. The Morgan fingerprint density at radius 1 is 1.00 bits per heavy atom. The molecule has 4 heteroatoms. The van der Waals surface area contributed by atoms with Crippen LogP contribution in [0, 0.1) is 0 Å². The monoisotopic (exact) mass is 224 g/mol. The summed E-state index contributed by atoms with van der Waals surface area (Å²) >= 11 is 0. The van der Waals surface area contributed by atoms with Crippen LogP contribution in [0.3, 0.4) is 0 Å². The largest absolute Gasteiger partial charge is 0.225 e. The van der Waals surface area contributed by atoms with E-state index in [2.05, 4.69) is 49.8 Å². The summed E-state index contributed by atoms with van der Waals surface area (Å²) in [5, 5.41) is 0.458. The lowest BCUT2D eigenvalue weighted by Crippen LogP contribution is -2.06. The third-order valence-corrected chi connectivity index (χ3v) is 2.09. The molecule has 0 unspecified atom stereocenters. The highest BCUT2D eigenvalue weighted by atomic mass is 14.9. The Balaban J connectivity index is -0.000000174. The molecule has 93 valence electrons. The van der Waals surface area contributed by atoms with Crippen LogP contribution in [0.25, 0.3) is 0 Å². The Hall–Kier alpha value is -0.925. The first kappa shape index (κ1) is 20.5. The van der Waals surface area contributed by atoms with Gasteiger partial charge < -0.3 is 0 Å². The highest BCUT2D eigenvalue weighted by Crippen LogP contribution is 2.25. The van der Waals surface area contributed by atoms with Gasteiger partial charge in [0.15, 0.2) is 0 Å². The number of hydrogen-bond donors (Lipinski definition) is 0. The van der Waals surface area contributed by atoms with Crippen molar-refractivity contribution < 1.29 is 0 Å². The zero-order valence-electron chi connectivity index (χ0n) is 10.9. The average Bonchev–Trinajstić information content (AvgIpc) is 2.35. The smallest absolute Gasteiger partial charge is 0.119 e. The molecule has 1 aromatic heterocycles.